The van der Waals surface area contributed by atoms with E-state index in [4.69, 9.17) is 4.74 Å². The van der Waals surface area contributed by atoms with Crippen LogP contribution in [0.25, 0.3) is 11.1 Å². The van der Waals surface area contributed by atoms with E-state index < -0.39 is 0 Å². The minimum Gasteiger partial charge on any atom is -0.508 e. The first-order valence-electron chi connectivity index (χ1n) is 7.94. The van der Waals surface area contributed by atoms with E-state index >= 15 is 0 Å². The summed E-state index contributed by atoms with van der Waals surface area (Å²) in [5.74, 6) is 1.66. The summed E-state index contributed by atoms with van der Waals surface area (Å²) < 4.78 is 5.98. The number of rotatable bonds is 4. The number of hydrogen-bond donors (Lipinski definition) is 2. The number of aromatic hydroxyl groups is 2. The molecule has 3 heteroatoms. The molecule has 2 N–H and O–H groups in total. The monoisotopic (exact) mass is 320 g/mol. The van der Waals surface area contributed by atoms with Gasteiger partial charge in [0.05, 0.1) is 0 Å². The van der Waals surface area contributed by atoms with Crippen molar-refractivity contribution in [1.29, 1.82) is 0 Å². The highest BCUT2D eigenvalue weighted by Gasteiger charge is 2.16. The summed E-state index contributed by atoms with van der Waals surface area (Å²) in [6, 6.07) is 20.3. The van der Waals surface area contributed by atoms with Gasteiger partial charge in [-0.15, -0.1) is 0 Å². The summed E-state index contributed by atoms with van der Waals surface area (Å²) in [6.07, 6.45) is 0. The largest absolute Gasteiger partial charge is 0.508 e. The van der Waals surface area contributed by atoms with Crippen molar-refractivity contribution in [2.24, 2.45) is 0 Å². The molecule has 0 aliphatic carbocycles. The number of para-hydroxylation sites is 2. The first-order valence-corrected chi connectivity index (χ1v) is 7.94. The van der Waals surface area contributed by atoms with E-state index in [0.717, 1.165) is 16.9 Å². The van der Waals surface area contributed by atoms with Gasteiger partial charge < -0.3 is 14.9 Å². The molecule has 0 saturated carbocycles. The van der Waals surface area contributed by atoms with Crippen molar-refractivity contribution < 1.29 is 14.9 Å². The maximum absolute atomic E-state index is 10.3. The summed E-state index contributed by atoms with van der Waals surface area (Å²) in [5.41, 5.74) is 2.21. The molecule has 0 aliphatic heterocycles. The Balaban J connectivity index is 2.09. The Morgan fingerprint density at radius 1 is 0.750 bits per heavy atom. The molecule has 0 atom stereocenters. The zero-order chi connectivity index (χ0) is 17.1. The van der Waals surface area contributed by atoms with Gasteiger partial charge in [0, 0.05) is 17.2 Å². The molecule has 3 aromatic carbocycles. The fourth-order valence-electron chi connectivity index (χ4n) is 2.67. The van der Waals surface area contributed by atoms with Crippen LogP contribution in [0.2, 0.25) is 0 Å². The van der Waals surface area contributed by atoms with Crippen LogP contribution in [-0.4, -0.2) is 10.2 Å². The van der Waals surface area contributed by atoms with Gasteiger partial charge in [0.15, 0.2) is 0 Å². The van der Waals surface area contributed by atoms with Gasteiger partial charge in [0.25, 0.3) is 0 Å². The van der Waals surface area contributed by atoms with Crippen molar-refractivity contribution in [3.63, 3.8) is 0 Å². The molecule has 0 saturated heterocycles. The molecule has 0 aromatic heterocycles. The van der Waals surface area contributed by atoms with E-state index in [-0.39, 0.29) is 17.4 Å². The molecular weight excluding hydrogens is 300 g/mol. The summed E-state index contributed by atoms with van der Waals surface area (Å²) in [5, 5.41) is 20.4. The van der Waals surface area contributed by atoms with E-state index in [1.165, 1.54) is 6.07 Å². The maximum Gasteiger partial charge on any atom is 0.135 e. The highest BCUT2D eigenvalue weighted by atomic mass is 16.5. The Kier molecular flexibility index (Phi) is 4.43. The molecule has 3 rings (SSSR count). The third kappa shape index (κ3) is 3.20. The summed E-state index contributed by atoms with van der Waals surface area (Å²) in [4.78, 5) is 0. The van der Waals surface area contributed by atoms with Gasteiger partial charge in [-0.3, -0.25) is 0 Å². The van der Waals surface area contributed by atoms with Crippen molar-refractivity contribution in [2.75, 3.05) is 0 Å². The quantitative estimate of drug-likeness (QED) is 0.650. The predicted molar refractivity (Wildman–Crippen MR) is 95.8 cm³/mol. The average molecular weight is 320 g/mol. The van der Waals surface area contributed by atoms with Gasteiger partial charge in [-0.25, -0.2) is 0 Å². The van der Waals surface area contributed by atoms with Crippen LogP contribution in [0.15, 0.2) is 66.7 Å². The molecule has 122 valence electrons. The number of benzene rings is 3. The summed E-state index contributed by atoms with van der Waals surface area (Å²) in [6.45, 7) is 4.00. The third-order valence-electron chi connectivity index (χ3n) is 3.92. The molecule has 0 radical (unpaired) electrons. The Morgan fingerprint density at radius 2 is 1.42 bits per heavy atom. The van der Waals surface area contributed by atoms with Crippen LogP contribution in [-0.2, 0) is 0 Å². The lowest BCUT2D eigenvalue weighted by Crippen LogP contribution is -1.92. The van der Waals surface area contributed by atoms with Gasteiger partial charge in [0.2, 0.25) is 0 Å². The first-order chi connectivity index (χ1) is 11.6. The van der Waals surface area contributed by atoms with E-state index in [1.807, 2.05) is 74.5 Å². The maximum atomic E-state index is 10.3. The molecule has 24 heavy (non-hydrogen) atoms. The predicted octanol–water partition coefficient (Wildman–Crippen LogP) is 5.68. The fraction of sp³-hybridized carbons (Fsp3) is 0.143. The van der Waals surface area contributed by atoms with E-state index in [9.17, 15) is 10.2 Å². The molecule has 0 spiro atoms. The van der Waals surface area contributed by atoms with E-state index in [1.54, 1.807) is 0 Å². The third-order valence-corrected chi connectivity index (χ3v) is 3.92. The molecule has 0 fully saturated rings. The highest BCUT2D eigenvalue weighted by Crippen LogP contribution is 2.42. The van der Waals surface area contributed by atoms with Crippen LogP contribution in [0.1, 0.15) is 25.3 Å². The van der Waals surface area contributed by atoms with Crippen LogP contribution in [0.4, 0.5) is 0 Å². The Bertz CT molecular complexity index is 839. The van der Waals surface area contributed by atoms with Gasteiger partial charge in [-0.05, 0) is 35.7 Å². The molecule has 0 unspecified atom stereocenters. The summed E-state index contributed by atoms with van der Waals surface area (Å²) in [7, 11) is 0. The molecule has 0 heterocycles. The zero-order valence-corrected chi connectivity index (χ0v) is 13.7. The Hall–Kier alpha value is -2.94. The lowest BCUT2D eigenvalue weighted by molar-refractivity contribution is 0.444. The lowest BCUT2D eigenvalue weighted by Gasteiger charge is -2.15. The number of hydrogen-bond acceptors (Lipinski definition) is 3. The SMILES string of the molecule is CC(C)c1cc(-c2ccccc2Oc2ccccc2)c(O)cc1O. The van der Waals surface area contributed by atoms with Crippen LogP contribution in [0.3, 0.4) is 0 Å². The standard InChI is InChI=1S/C21H20O3/c1-14(2)17-12-18(20(23)13-19(17)22)16-10-6-7-11-21(16)24-15-8-4-3-5-9-15/h3-14,22-23H,1-2H3. The molecule has 3 nitrogen and oxygen atoms in total. The second-order valence-electron chi connectivity index (χ2n) is 5.99. The van der Waals surface area contributed by atoms with E-state index in [0.29, 0.717) is 11.3 Å². The second kappa shape index (κ2) is 6.67. The second-order valence-corrected chi connectivity index (χ2v) is 5.99. The molecule has 0 amide bonds. The van der Waals surface area contributed by atoms with Crippen molar-refractivity contribution in [2.45, 2.75) is 19.8 Å². The Labute approximate surface area is 141 Å². The van der Waals surface area contributed by atoms with Gasteiger partial charge in [-0.1, -0.05) is 50.2 Å². The topological polar surface area (TPSA) is 49.7 Å². The minimum atomic E-state index is 0.0287. The van der Waals surface area contributed by atoms with Crippen LogP contribution < -0.4 is 4.74 Å². The van der Waals surface area contributed by atoms with Gasteiger partial charge in [-0.2, -0.15) is 0 Å². The molecule has 0 aliphatic rings. The average Bonchev–Trinajstić information content (AvgIpc) is 2.56. The fourth-order valence-corrected chi connectivity index (χ4v) is 2.67. The number of phenolic OH excluding ortho intramolecular Hbond substituents is 2. The normalized spacial score (nSPS) is 10.8. The smallest absolute Gasteiger partial charge is 0.135 e. The van der Waals surface area contributed by atoms with Crippen molar-refractivity contribution in [1.82, 2.24) is 0 Å². The zero-order valence-electron chi connectivity index (χ0n) is 13.7. The van der Waals surface area contributed by atoms with Gasteiger partial charge >= 0.3 is 0 Å². The van der Waals surface area contributed by atoms with Crippen LogP contribution >= 0.6 is 0 Å². The minimum absolute atomic E-state index is 0.0287. The highest BCUT2D eigenvalue weighted by molar-refractivity contribution is 5.77. The van der Waals surface area contributed by atoms with Crippen LogP contribution in [0.5, 0.6) is 23.0 Å². The van der Waals surface area contributed by atoms with Crippen molar-refractivity contribution in [3.05, 3.63) is 72.3 Å². The summed E-state index contributed by atoms with van der Waals surface area (Å²) >= 11 is 0. The van der Waals surface area contributed by atoms with Crippen molar-refractivity contribution in [3.8, 4) is 34.1 Å². The van der Waals surface area contributed by atoms with Crippen LogP contribution in [0, 0.1) is 0 Å². The molecular formula is C21H20O3. The number of ether oxygens (including phenoxy) is 1. The Morgan fingerprint density at radius 3 is 2.12 bits per heavy atom. The molecule has 3 aromatic rings. The molecule has 0 bridgehead atoms. The van der Waals surface area contributed by atoms with Gasteiger partial charge in [0.1, 0.15) is 23.0 Å². The van der Waals surface area contributed by atoms with Crippen molar-refractivity contribution >= 4 is 0 Å². The lowest BCUT2D eigenvalue weighted by atomic mass is 9.95. The number of phenols is 2. The van der Waals surface area contributed by atoms with E-state index in [2.05, 4.69) is 0 Å². The first kappa shape index (κ1) is 15.9.